The molecule has 0 spiro atoms. The molecule has 2 aromatic rings. The molecule has 27 heavy (non-hydrogen) atoms. The van der Waals surface area contributed by atoms with E-state index in [4.69, 9.17) is 19.5 Å². The molecule has 3 rings (SSSR count). The van der Waals surface area contributed by atoms with E-state index in [9.17, 15) is 9.59 Å². The lowest BCUT2D eigenvalue weighted by atomic mass is 10.2. The summed E-state index contributed by atoms with van der Waals surface area (Å²) in [5.41, 5.74) is 1.68. The van der Waals surface area contributed by atoms with Crippen molar-refractivity contribution in [3.63, 3.8) is 0 Å². The van der Waals surface area contributed by atoms with E-state index < -0.39 is 18.5 Å². The highest BCUT2D eigenvalue weighted by atomic mass is 32.2. The van der Waals surface area contributed by atoms with Crippen LogP contribution in [0.2, 0.25) is 0 Å². The van der Waals surface area contributed by atoms with Crippen molar-refractivity contribution < 1.29 is 23.8 Å². The number of ether oxygens (including phenoxy) is 3. The fraction of sp³-hybridized carbons (Fsp3) is 0.211. The van der Waals surface area contributed by atoms with Crippen molar-refractivity contribution in [3.05, 3.63) is 47.5 Å². The van der Waals surface area contributed by atoms with Gasteiger partial charge in [-0.05, 0) is 60.6 Å². The standard InChI is InChI=1S/C19H16N2O5S/c1-12-8-14(27-11-20)3-4-15(12)21-18(22)10-26-19(23)13-2-5-16-17(9-13)25-7-6-24-16/h2-5,8-9H,6-7,10H2,1H3,(H,21,22). The van der Waals surface area contributed by atoms with E-state index in [0.717, 1.165) is 22.2 Å². The van der Waals surface area contributed by atoms with E-state index in [1.807, 2.05) is 12.3 Å². The summed E-state index contributed by atoms with van der Waals surface area (Å²) in [6.07, 6.45) is 0. The molecule has 0 saturated carbocycles. The minimum absolute atomic E-state index is 0.279. The normalized spacial score (nSPS) is 12.0. The molecule has 0 bridgehead atoms. The number of carbonyl (C=O) groups excluding carboxylic acids is 2. The van der Waals surface area contributed by atoms with Crippen molar-refractivity contribution in [2.45, 2.75) is 11.8 Å². The fourth-order valence-electron chi connectivity index (χ4n) is 2.46. The van der Waals surface area contributed by atoms with Gasteiger partial charge in [0.05, 0.1) is 5.56 Å². The Morgan fingerprint density at radius 3 is 2.70 bits per heavy atom. The van der Waals surface area contributed by atoms with Gasteiger partial charge in [0.1, 0.15) is 18.6 Å². The van der Waals surface area contributed by atoms with E-state index in [1.54, 1.807) is 30.3 Å². The van der Waals surface area contributed by atoms with E-state index >= 15 is 0 Å². The van der Waals surface area contributed by atoms with Gasteiger partial charge in [0, 0.05) is 10.6 Å². The Bertz CT molecular complexity index is 923. The van der Waals surface area contributed by atoms with Crippen LogP contribution in [0, 0.1) is 17.6 Å². The molecule has 1 aliphatic heterocycles. The highest BCUT2D eigenvalue weighted by Crippen LogP contribution is 2.31. The van der Waals surface area contributed by atoms with Gasteiger partial charge in [-0.15, -0.1) is 0 Å². The lowest BCUT2D eigenvalue weighted by Crippen LogP contribution is -2.21. The highest BCUT2D eigenvalue weighted by molar-refractivity contribution is 8.03. The number of benzene rings is 2. The topological polar surface area (TPSA) is 97.7 Å². The molecule has 0 fully saturated rings. The monoisotopic (exact) mass is 384 g/mol. The number of esters is 1. The molecule has 8 heteroatoms. The maximum absolute atomic E-state index is 12.1. The number of nitrogens with one attached hydrogen (secondary N) is 1. The second kappa shape index (κ2) is 8.47. The summed E-state index contributed by atoms with van der Waals surface area (Å²) < 4.78 is 15.9. The predicted molar refractivity (Wildman–Crippen MR) is 99.0 cm³/mol. The number of thiocyanates is 1. The molecule has 7 nitrogen and oxygen atoms in total. The number of carbonyl (C=O) groups is 2. The maximum atomic E-state index is 12.1. The molecule has 2 aromatic carbocycles. The van der Waals surface area contributed by atoms with Gasteiger partial charge in [-0.3, -0.25) is 4.79 Å². The van der Waals surface area contributed by atoms with Gasteiger partial charge in [0.25, 0.3) is 5.91 Å². The van der Waals surface area contributed by atoms with Gasteiger partial charge in [0.15, 0.2) is 18.1 Å². The van der Waals surface area contributed by atoms with E-state index in [0.29, 0.717) is 30.4 Å². The van der Waals surface area contributed by atoms with Crippen LogP contribution in [0.1, 0.15) is 15.9 Å². The SMILES string of the molecule is Cc1cc(SC#N)ccc1NC(=O)COC(=O)c1ccc2c(c1)OCCO2. The van der Waals surface area contributed by atoms with Crippen LogP contribution >= 0.6 is 11.8 Å². The Morgan fingerprint density at radius 2 is 1.96 bits per heavy atom. The molecular formula is C19H16N2O5S. The minimum Gasteiger partial charge on any atom is -0.486 e. The third-order valence-electron chi connectivity index (χ3n) is 3.75. The Hall–Kier alpha value is -3.18. The van der Waals surface area contributed by atoms with Crippen LogP contribution in [0.3, 0.4) is 0 Å². The molecule has 0 aliphatic carbocycles. The number of hydrogen-bond donors (Lipinski definition) is 1. The summed E-state index contributed by atoms with van der Waals surface area (Å²) in [6, 6.07) is 9.96. The Kier molecular flexibility index (Phi) is 5.84. The van der Waals surface area contributed by atoms with E-state index in [1.165, 1.54) is 6.07 Å². The first kappa shape index (κ1) is 18.6. The first-order valence-corrected chi connectivity index (χ1v) is 8.91. The van der Waals surface area contributed by atoms with Crippen molar-refractivity contribution in [2.75, 3.05) is 25.1 Å². The third-order valence-corrected chi connectivity index (χ3v) is 4.33. The molecule has 1 amide bonds. The number of nitriles is 1. The van der Waals surface area contributed by atoms with Gasteiger partial charge in [-0.2, -0.15) is 5.26 Å². The lowest BCUT2D eigenvalue weighted by molar-refractivity contribution is -0.119. The summed E-state index contributed by atoms with van der Waals surface area (Å²) in [4.78, 5) is 25.0. The molecule has 0 aromatic heterocycles. The van der Waals surface area contributed by atoms with Gasteiger partial charge >= 0.3 is 5.97 Å². The van der Waals surface area contributed by atoms with Crippen LogP contribution in [0.4, 0.5) is 5.69 Å². The molecule has 1 aliphatic rings. The number of thioether (sulfide) groups is 1. The number of rotatable bonds is 5. The largest absolute Gasteiger partial charge is 0.486 e. The van der Waals surface area contributed by atoms with E-state index in [-0.39, 0.29) is 5.56 Å². The number of anilines is 1. The average Bonchev–Trinajstić information content (AvgIpc) is 2.68. The first-order chi connectivity index (χ1) is 13.1. The Balaban J connectivity index is 1.56. The number of amides is 1. The molecule has 138 valence electrons. The van der Waals surface area contributed by atoms with Crippen LogP contribution in [0.5, 0.6) is 11.5 Å². The first-order valence-electron chi connectivity index (χ1n) is 8.10. The third kappa shape index (κ3) is 4.71. The Morgan fingerprint density at radius 1 is 1.19 bits per heavy atom. The van der Waals surface area contributed by atoms with Gasteiger partial charge < -0.3 is 19.5 Å². The number of nitrogens with zero attached hydrogens (tertiary/aromatic N) is 1. The summed E-state index contributed by atoms with van der Waals surface area (Å²) in [5.74, 6) is -0.0283. The van der Waals surface area contributed by atoms with Crippen LogP contribution in [0.25, 0.3) is 0 Å². The fourth-order valence-corrected chi connectivity index (χ4v) is 2.94. The van der Waals surface area contributed by atoms with Crippen LogP contribution in [-0.4, -0.2) is 31.7 Å². The van der Waals surface area contributed by atoms with Gasteiger partial charge in [-0.1, -0.05) is 0 Å². The summed E-state index contributed by atoms with van der Waals surface area (Å²) in [7, 11) is 0. The number of aryl methyl sites for hydroxylation is 1. The zero-order chi connectivity index (χ0) is 19.2. The van der Waals surface area contributed by atoms with Crippen LogP contribution < -0.4 is 14.8 Å². The highest BCUT2D eigenvalue weighted by Gasteiger charge is 2.17. The summed E-state index contributed by atoms with van der Waals surface area (Å²) in [5, 5.41) is 13.4. The molecule has 0 atom stereocenters. The molecular weight excluding hydrogens is 368 g/mol. The zero-order valence-corrected chi connectivity index (χ0v) is 15.3. The second-order valence-electron chi connectivity index (χ2n) is 5.65. The quantitative estimate of drug-likeness (QED) is 0.480. The minimum atomic E-state index is -0.625. The van der Waals surface area contributed by atoms with Crippen molar-refractivity contribution in [1.82, 2.24) is 0 Å². The molecule has 1 N–H and O–H groups in total. The van der Waals surface area contributed by atoms with Crippen LogP contribution in [0.15, 0.2) is 41.3 Å². The smallest absolute Gasteiger partial charge is 0.338 e. The van der Waals surface area contributed by atoms with Crippen molar-refractivity contribution in [3.8, 4) is 16.9 Å². The maximum Gasteiger partial charge on any atom is 0.338 e. The molecule has 0 radical (unpaired) electrons. The van der Waals surface area contributed by atoms with E-state index in [2.05, 4.69) is 5.32 Å². The van der Waals surface area contributed by atoms with Gasteiger partial charge in [-0.25, -0.2) is 4.79 Å². The number of hydrogen-bond acceptors (Lipinski definition) is 7. The molecule has 0 saturated heterocycles. The summed E-state index contributed by atoms with van der Waals surface area (Å²) >= 11 is 1.04. The number of fused-ring (bicyclic) bond motifs is 1. The molecule has 0 unspecified atom stereocenters. The van der Waals surface area contributed by atoms with Crippen LogP contribution in [-0.2, 0) is 9.53 Å². The summed E-state index contributed by atoms with van der Waals surface area (Å²) in [6.45, 7) is 2.28. The average molecular weight is 384 g/mol. The second-order valence-corrected chi connectivity index (χ2v) is 6.51. The lowest BCUT2D eigenvalue weighted by Gasteiger charge is -2.18. The van der Waals surface area contributed by atoms with Crippen molar-refractivity contribution >= 4 is 29.3 Å². The van der Waals surface area contributed by atoms with Crippen molar-refractivity contribution in [2.24, 2.45) is 0 Å². The van der Waals surface area contributed by atoms with Crippen molar-refractivity contribution in [1.29, 1.82) is 5.26 Å². The molecule has 1 heterocycles. The predicted octanol–water partition coefficient (Wildman–Crippen LogP) is 3.13. The Labute approximate surface area is 160 Å². The zero-order valence-electron chi connectivity index (χ0n) is 14.5. The van der Waals surface area contributed by atoms with Gasteiger partial charge in [0.2, 0.25) is 0 Å².